The molecule has 0 radical (unpaired) electrons. The summed E-state index contributed by atoms with van der Waals surface area (Å²) >= 11 is 0. The zero-order chi connectivity index (χ0) is 15.9. The third-order valence-corrected chi connectivity index (χ3v) is 4.14. The molecule has 2 rings (SSSR count). The van der Waals surface area contributed by atoms with Gasteiger partial charge in [-0.25, -0.2) is 4.79 Å². The van der Waals surface area contributed by atoms with E-state index in [0.717, 1.165) is 42.7 Å². The average molecular weight is 306 g/mol. The Morgan fingerprint density at radius 1 is 1.41 bits per heavy atom. The normalized spacial score (nSPS) is 18.1. The molecule has 2 amide bonds. The molecule has 0 bridgehead atoms. The third-order valence-electron chi connectivity index (χ3n) is 4.14. The first-order valence-corrected chi connectivity index (χ1v) is 7.94. The maximum Gasteiger partial charge on any atom is 0.317 e. The van der Waals surface area contributed by atoms with E-state index in [-0.39, 0.29) is 18.7 Å². The van der Waals surface area contributed by atoms with Crippen LogP contribution in [0.25, 0.3) is 0 Å². The number of hydrogen-bond acceptors (Lipinski definition) is 3. The summed E-state index contributed by atoms with van der Waals surface area (Å²) in [6.07, 6.45) is 3.80. The Hall–Kier alpha value is -1.75. The lowest BCUT2D eigenvalue weighted by molar-refractivity contribution is 0.131. The van der Waals surface area contributed by atoms with Crippen LogP contribution in [0.15, 0.2) is 18.2 Å². The number of ether oxygens (including phenoxy) is 1. The molecule has 1 heterocycles. The SMILES string of the molecule is COc1cc(C)cc(CNC(=O)N2CCCCC2CCO)c1. The summed E-state index contributed by atoms with van der Waals surface area (Å²) in [6, 6.07) is 6.07. The van der Waals surface area contributed by atoms with Gasteiger partial charge in [0.1, 0.15) is 5.75 Å². The molecule has 5 heteroatoms. The Labute approximate surface area is 132 Å². The molecule has 1 atom stereocenters. The lowest BCUT2D eigenvalue weighted by Gasteiger charge is -2.35. The predicted molar refractivity (Wildman–Crippen MR) is 86.0 cm³/mol. The Kier molecular flexibility index (Phi) is 6.07. The molecule has 1 aliphatic rings. The van der Waals surface area contributed by atoms with Gasteiger partial charge in [-0.05, 0) is 55.9 Å². The molecule has 0 saturated carbocycles. The second kappa shape index (κ2) is 8.03. The van der Waals surface area contributed by atoms with Gasteiger partial charge in [-0.3, -0.25) is 0 Å². The van der Waals surface area contributed by atoms with E-state index in [0.29, 0.717) is 13.0 Å². The van der Waals surface area contributed by atoms with Gasteiger partial charge in [0.25, 0.3) is 0 Å². The van der Waals surface area contributed by atoms with Crippen molar-refractivity contribution in [3.05, 3.63) is 29.3 Å². The molecule has 0 spiro atoms. The van der Waals surface area contributed by atoms with Gasteiger partial charge in [0.2, 0.25) is 0 Å². The van der Waals surface area contributed by atoms with Crippen molar-refractivity contribution in [1.82, 2.24) is 10.2 Å². The molecule has 0 aromatic heterocycles. The zero-order valence-electron chi connectivity index (χ0n) is 13.5. The first-order chi connectivity index (χ1) is 10.6. The molecule has 1 saturated heterocycles. The summed E-state index contributed by atoms with van der Waals surface area (Å²) in [5.74, 6) is 0.806. The molecule has 5 nitrogen and oxygen atoms in total. The molecular formula is C17H26N2O3. The highest BCUT2D eigenvalue weighted by Gasteiger charge is 2.25. The number of aryl methyl sites for hydroxylation is 1. The number of carbonyl (C=O) groups is 1. The number of carbonyl (C=O) groups excluding carboxylic acids is 1. The molecule has 1 aromatic rings. The number of piperidine rings is 1. The average Bonchev–Trinajstić information content (AvgIpc) is 2.53. The molecular weight excluding hydrogens is 280 g/mol. The van der Waals surface area contributed by atoms with E-state index in [1.165, 1.54) is 0 Å². The highest BCUT2D eigenvalue weighted by atomic mass is 16.5. The Morgan fingerprint density at radius 2 is 2.23 bits per heavy atom. The van der Waals surface area contributed by atoms with Gasteiger partial charge in [0, 0.05) is 25.7 Å². The van der Waals surface area contributed by atoms with Gasteiger partial charge in [0.15, 0.2) is 0 Å². The molecule has 1 fully saturated rings. The van der Waals surface area contributed by atoms with E-state index in [1.807, 2.05) is 30.0 Å². The second-order valence-electron chi connectivity index (χ2n) is 5.87. The van der Waals surface area contributed by atoms with Gasteiger partial charge in [-0.2, -0.15) is 0 Å². The quantitative estimate of drug-likeness (QED) is 0.878. The first-order valence-electron chi connectivity index (χ1n) is 7.94. The van der Waals surface area contributed by atoms with Crippen molar-refractivity contribution in [2.24, 2.45) is 0 Å². The van der Waals surface area contributed by atoms with Gasteiger partial charge >= 0.3 is 6.03 Å². The van der Waals surface area contributed by atoms with E-state index >= 15 is 0 Å². The van der Waals surface area contributed by atoms with E-state index in [2.05, 4.69) is 5.32 Å². The Bertz CT molecular complexity index is 503. The van der Waals surface area contributed by atoms with Crippen LogP contribution in [0, 0.1) is 6.92 Å². The number of likely N-dealkylation sites (tertiary alicyclic amines) is 1. The first kappa shape index (κ1) is 16.6. The van der Waals surface area contributed by atoms with Gasteiger partial charge < -0.3 is 20.1 Å². The third kappa shape index (κ3) is 4.37. The van der Waals surface area contributed by atoms with Crippen LogP contribution in [-0.2, 0) is 6.54 Å². The molecule has 1 aliphatic heterocycles. The summed E-state index contributed by atoms with van der Waals surface area (Å²) in [5.41, 5.74) is 2.14. The summed E-state index contributed by atoms with van der Waals surface area (Å²) in [7, 11) is 1.64. The van der Waals surface area contributed by atoms with E-state index in [9.17, 15) is 4.79 Å². The molecule has 0 aliphatic carbocycles. The smallest absolute Gasteiger partial charge is 0.317 e. The maximum atomic E-state index is 12.4. The predicted octanol–water partition coefficient (Wildman–Crippen LogP) is 2.45. The molecule has 1 unspecified atom stereocenters. The van der Waals surface area contributed by atoms with Crippen molar-refractivity contribution in [2.45, 2.75) is 45.2 Å². The van der Waals surface area contributed by atoms with Crippen LogP contribution in [0.1, 0.15) is 36.8 Å². The number of nitrogens with zero attached hydrogens (tertiary/aromatic N) is 1. The monoisotopic (exact) mass is 306 g/mol. The standard InChI is InChI=1S/C17H26N2O3/c1-13-9-14(11-16(10-13)22-2)12-18-17(21)19-7-4-3-5-15(19)6-8-20/h9-11,15,20H,3-8,12H2,1-2H3,(H,18,21). The number of methoxy groups -OCH3 is 1. The molecule has 1 aromatic carbocycles. The minimum Gasteiger partial charge on any atom is -0.497 e. The van der Waals surface area contributed by atoms with E-state index < -0.39 is 0 Å². The summed E-state index contributed by atoms with van der Waals surface area (Å²) < 4.78 is 5.26. The number of amides is 2. The number of benzene rings is 1. The Balaban J connectivity index is 1.95. The second-order valence-corrected chi connectivity index (χ2v) is 5.87. The Morgan fingerprint density at radius 3 is 2.95 bits per heavy atom. The largest absolute Gasteiger partial charge is 0.497 e. The van der Waals surface area contributed by atoms with Gasteiger partial charge in [-0.1, -0.05) is 6.07 Å². The van der Waals surface area contributed by atoms with Gasteiger partial charge in [0.05, 0.1) is 7.11 Å². The van der Waals surface area contributed by atoms with Crippen LogP contribution in [0.4, 0.5) is 4.79 Å². The van der Waals surface area contributed by atoms with Crippen LogP contribution in [-0.4, -0.2) is 42.3 Å². The maximum absolute atomic E-state index is 12.4. The number of nitrogens with one attached hydrogen (secondary N) is 1. The summed E-state index contributed by atoms with van der Waals surface area (Å²) in [6.45, 7) is 3.39. The fourth-order valence-electron chi connectivity index (χ4n) is 3.04. The minimum atomic E-state index is -0.0429. The van der Waals surface area contributed by atoms with Crippen molar-refractivity contribution in [1.29, 1.82) is 0 Å². The number of urea groups is 1. The molecule has 122 valence electrons. The minimum absolute atomic E-state index is 0.0429. The lowest BCUT2D eigenvalue weighted by atomic mass is 10.0. The fraction of sp³-hybridized carbons (Fsp3) is 0.588. The summed E-state index contributed by atoms with van der Waals surface area (Å²) in [4.78, 5) is 14.3. The highest BCUT2D eigenvalue weighted by molar-refractivity contribution is 5.74. The highest BCUT2D eigenvalue weighted by Crippen LogP contribution is 2.20. The summed E-state index contributed by atoms with van der Waals surface area (Å²) in [5, 5.41) is 12.1. The molecule has 2 N–H and O–H groups in total. The zero-order valence-corrected chi connectivity index (χ0v) is 13.5. The number of rotatable bonds is 5. The van der Waals surface area contributed by atoms with Crippen LogP contribution >= 0.6 is 0 Å². The van der Waals surface area contributed by atoms with Crippen molar-refractivity contribution in [2.75, 3.05) is 20.3 Å². The molecule has 22 heavy (non-hydrogen) atoms. The van der Waals surface area contributed by atoms with E-state index in [1.54, 1.807) is 7.11 Å². The van der Waals surface area contributed by atoms with Crippen molar-refractivity contribution in [3.63, 3.8) is 0 Å². The van der Waals surface area contributed by atoms with Crippen molar-refractivity contribution < 1.29 is 14.6 Å². The van der Waals surface area contributed by atoms with Crippen LogP contribution in [0.2, 0.25) is 0 Å². The fourth-order valence-corrected chi connectivity index (χ4v) is 3.04. The number of hydrogen-bond donors (Lipinski definition) is 2. The van der Waals surface area contributed by atoms with Crippen LogP contribution in [0.3, 0.4) is 0 Å². The van der Waals surface area contributed by atoms with Gasteiger partial charge in [-0.15, -0.1) is 0 Å². The van der Waals surface area contributed by atoms with E-state index in [4.69, 9.17) is 9.84 Å². The van der Waals surface area contributed by atoms with Crippen LogP contribution < -0.4 is 10.1 Å². The number of aliphatic hydroxyl groups excluding tert-OH is 1. The lowest BCUT2D eigenvalue weighted by Crippen LogP contribution is -2.48. The van der Waals surface area contributed by atoms with Crippen molar-refractivity contribution >= 4 is 6.03 Å². The topological polar surface area (TPSA) is 61.8 Å². The van der Waals surface area contributed by atoms with Crippen molar-refractivity contribution in [3.8, 4) is 5.75 Å². The van der Waals surface area contributed by atoms with Crippen LogP contribution in [0.5, 0.6) is 5.75 Å². The number of aliphatic hydroxyl groups is 1.